The minimum Gasteiger partial charge on any atom is -0.384 e. The van der Waals surface area contributed by atoms with Crippen molar-refractivity contribution >= 4 is 27.5 Å². The maximum absolute atomic E-state index is 13.2. The molecule has 5 heteroatoms. The Hall–Kier alpha value is -1.10. The van der Waals surface area contributed by atoms with Gasteiger partial charge in [-0.1, -0.05) is 0 Å². The fourth-order valence-electron chi connectivity index (χ4n) is 1.43. The fourth-order valence-corrected chi connectivity index (χ4v) is 1.78. The maximum atomic E-state index is 13.2. The molecule has 0 fully saturated rings. The van der Waals surface area contributed by atoms with Crippen molar-refractivity contribution in [3.63, 3.8) is 0 Å². The zero-order valence-corrected chi connectivity index (χ0v) is 11.5. The first-order valence-corrected chi connectivity index (χ1v) is 6.30. The van der Waals surface area contributed by atoms with Crippen molar-refractivity contribution in [2.24, 2.45) is 0 Å². The highest BCUT2D eigenvalue weighted by atomic mass is 79.9. The maximum Gasteiger partial charge on any atom is 0.221 e. The summed E-state index contributed by atoms with van der Waals surface area (Å²) in [6.45, 7) is 4.88. The van der Waals surface area contributed by atoms with E-state index >= 15 is 0 Å². The molecule has 0 heterocycles. The van der Waals surface area contributed by atoms with Crippen molar-refractivity contribution in [3.8, 4) is 0 Å². The van der Waals surface area contributed by atoms with Gasteiger partial charge in [-0.3, -0.25) is 4.79 Å². The molecule has 1 rings (SSSR count). The first kappa shape index (κ1) is 14.0. The monoisotopic (exact) mass is 302 g/mol. The minimum atomic E-state index is -0.281. The molecule has 2 N–H and O–H groups in total. The highest BCUT2D eigenvalue weighted by Crippen LogP contribution is 2.24. The lowest BCUT2D eigenvalue weighted by molar-refractivity contribution is -0.120. The molecule has 1 aromatic rings. The molecule has 0 unspecified atom stereocenters. The molecular formula is C12H16BrFN2O. The van der Waals surface area contributed by atoms with Gasteiger partial charge >= 0.3 is 0 Å². The van der Waals surface area contributed by atoms with E-state index in [0.717, 1.165) is 11.3 Å². The number of nitrogens with one attached hydrogen (secondary N) is 2. The first-order valence-electron chi connectivity index (χ1n) is 5.50. The van der Waals surface area contributed by atoms with Gasteiger partial charge in [-0.2, -0.15) is 0 Å². The Kier molecular flexibility index (Phi) is 5.41. The van der Waals surface area contributed by atoms with Crippen molar-refractivity contribution in [3.05, 3.63) is 28.0 Å². The third kappa shape index (κ3) is 4.34. The number of anilines is 1. The summed E-state index contributed by atoms with van der Waals surface area (Å²) in [4.78, 5) is 11.2. The lowest BCUT2D eigenvalue weighted by Gasteiger charge is -2.10. The molecule has 0 saturated heterocycles. The van der Waals surface area contributed by atoms with Crippen LogP contribution in [0.2, 0.25) is 0 Å². The molecule has 1 aromatic carbocycles. The molecule has 0 radical (unpaired) electrons. The lowest BCUT2D eigenvalue weighted by Crippen LogP contribution is -2.24. The van der Waals surface area contributed by atoms with E-state index in [0.29, 0.717) is 24.0 Å². The van der Waals surface area contributed by atoms with E-state index in [1.807, 2.05) is 13.8 Å². The molecule has 0 saturated carbocycles. The van der Waals surface area contributed by atoms with Crippen molar-refractivity contribution in [1.29, 1.82) is 0 Å². The number of aryl methyl sites for hydroxylation is 1. The van der Waals surface area contributed by atoms with Crippen LogP contribution in [0.5, 0.6) is 0 Å². The average molecular weight is 303 g/mol. The van der Waals surface area contributed by atoms with Crippen LogP contribution in [0.15, 0.2) is 16.6 Å². The summed E-state index contributed by atoms with van der Waals surface area (Å²) in [5.74, 6) is -0.268. The molecule has 17 heavy (non-hydrogen) atoms. The van der Waals surface area contributed by atoms with Crippen LogP contribution in [0.25, 0.3) is 0 Å². The molecule has 0 aromatic heterocycles. The number of amides is 1. The fraction of sp³-hybridized carbons (Fsp3) is 0.417. The molecule has 0 aliphatic carbocycles. The smallest absolute Gasteiger partial charge is 0.221 e. The van der Waals surface area contributed by atoms with E-state index in [-0.39, 0.29) is 11.7 Å². The van der Waals surface area contributed by atoms with Gasteiger partial charge in [-0.15, -0.1) is 0 Å². The number of rotatable bonds is 5. The summed E-state index contributed by atoms with van der Waals surface area (Å²) in [5.41, 5.74) is 1.66. The van der Waals surface area contributed by atoms with Crippen molar-refractivity contribution in [2.75, 3.05) is 18.4 Å². The Morgan fingerprint density at radius 2 is 2.18 bits per heavy atom. The Labute approximate surface area is 109 Å². The van der Waals surface area contributed by atoms with E-state index in [1.54, 1.807) is 6.07 Å². The molecule has 0 bridgehead atoms. The number of halogens is 2. The van der Waals surface area contributed by atoms with Crippen LogP contribution in [-0.4, -0.2) is 19.0 Å². The molecule has 3 nitrogen and oxygen atoms in total. The Balaban J connectivity index is 2.52. The van der Waals surface area contributed by atoms with Crippen molar-refractivity contribution < 1.29 is 9.18 Å². The van der Waals surface area contributed by atoms with Crippen molar-refractivity contribution in [1.82, 2.24) is 5.32 Å². The Morgan fingerprint density at radius 1 is 1.47 bits per heavy atom. The van der Waals surface area contributed by atoms with Gasteiger partial charge in [0.25, 0.3) is 0 Å². The summed E-state index contributed by atoms with van der Waals surface area (Å²) in [6, 6.07) is 3.14. The number of benzene rings is 1. The Bertz CT molecular complexity index is 410. The van der Waals surface area contributed by atoms with E-state index in [2.05, 4.69) is 26.6 Å². The summed E-state index contributed by atoms with van der Waals surface area (Å²) >= 11 is 3.13. The predicted molar refractivity (Wildman–Crippen MR) is 70.6 cm³/mol. The second-order valence-corrected chi connectivity index (χ2v) is 4.57. The van der Waals surface area contributed by atoms with Gasteiger partial charge in [0.2, 0.25) is 5.91 Å². The van der Waals surface area contributed by atoms with Gasteiger partial charge in [-0.05, 0) is 47.5 Å². The molecule has 1 amide bonds. The van der Waals surface area contributed by atoms with E-state index in [9.17, 15) is 9.18 Å². The van der Waals surface area contributed by atoms with Crippen LogP contribution in [0, 0.1) is 12.7 Å². The van der Waals surface area contributed by atoms with E-state index < -0.39 is 0 Å². The van der Waals surface area contributed by atoms with Gasteiger partial charge in [-0.25, -0.2) is 4.39 Å². The summed E-state index contributed by atoms with van der Waals surface area (Å²) in [6.07, 6.45) is 0.405. The zero-order chi connectivity index (χ0) is 12.8. The van der Waals surface area contributed by atoms with E-state index in [1.165, 1.54) is 6.07 Å². The van der Waals surface area contributed by atoms with Crippen molar-refractivity contribution in [2.45, 2.75) is 20.3 Å². The minimum absolute atomic E-state index is 0.0128. The average Bonchev–Trinajstić information content (AvgIpc) is 2.26. The summed E-state index contributed by atoms with van der Waals surface area (Å²) in [7, 11) is 0. The van der Waals surface area contributed by atoms with Gasteiger partial charge < -0.3 is 10.6 Å². The lowest BCUT2D eigenvalue weighted by atomic mass is 10.2. The second-order valence-electron chi connectivity index (χ2n) is 3.71. The quantitative estimate of drug-likeness (QED) is 0.878. The molecule has 94 valence electrons. The molecule has 0 aliphatic heterocycles. The van der Waals surface area contributed by atoms with Gasteiger partial charge in [0.1, 0.15) is 5.82 Å². The largest absolute Gasteiger partial charge is 0.384 e. The number of carbonyl (C=O) groups is 1. The van der Waals surface area contributed by atoms with Crippen LogP contribution in [0.3, 0.4) is 0 Å². The highest BCUT2D eigenvalue weighted by Gasteiger charge is 2.05. The first-order chi connectivity index (χ1) is 8.04. The topological polar surface area (TPSA) is 41.1 Å². The zero-order valence-electron chi connectivity index (χ0n) is 9.94. The molecule has 0 spiro atoms. The summed E-state index contributed by atoms with van der Waals surface area (Å²) in [5, 5.41) is 5.83. The normalized spacial score (nSPS) is 10.1. The molecule has 0 atom stereocenters. The van der Waals surface area contributed by atoms with Crippen LogP contribution >= 0.6 is 15.9 Å². The number of hydrogen-bond donors (Lipinski definition) is 2. The molecule has 0 aliphatic rings. The van der Waals surface area contributed by atoms with Crippen LogP contribution < -0.4 is 10.6 Å². The Morgan fingerprint density at radius 3 is 2.82 bits per heavy atom. The third-order valence-corrected chi connectivity index (χ3v) is 2.92. The number of hydrogen-bond acceptors (Lipinski definition) is 2. The highest BCUT2D eigenvalue weighted by molar-refractivity contribution is 9.10. The van der Waals surface area contributed by atoms with Crippen LogP contribution in [0.1, 0.15) is 18.9 Å². The van der Waals surface area contributed by atoms with E-state index in [4.69, 9.17) is 0 Å². The molecular weight excluding hydrogens is 287 g/mol. The predicted octanol–water partition coefficient (Wildman–Crippen LogP) is 2.83. The second kappa shape index (κ2) is 6.59. The van der Waals surface area contributed by atoms with Gasteiger partial charge in [0.15, 0.2) is 0 Å². The van der Waals surface area contributed by atoms with Crippen LogP contribution in [0.4, 0.5) is 10.1 Å². The third-order valence-electron chi connectivity index (χ3n) is 2.31. The van der Waals surface area contributed by atoms with Crippen LogP contribution in [-0.2, 0) is 4.79 Å². The van der Waals surface area contributed by atoms with Gasteiger partial charge in [0.05, 0.1) is 4.47 Å². The summed E-state index contributed by atoms with van der Waals surface area (Å²) < 4.78 is 13.6. The van der Waals surface area contributed by atoms with Gasteiger partial charge in [0, 0.05) is 25.2 Å². The SMILES string of the molecule is CCNC(=O)CCNc1cc(Br)c(F)cc1C. The number of carbonyl (C=O) groups excluding carboxylic acids is 1. The standard InChI is InChI=1S/C12H16BrFN2O/c1-3-15-12(17)4-5-16-11-7-9(13)10(14)6-8(11)2/h6-7,16H,3-5H2,1-2H3,(H,15,17).